The van der Waals surface area contributed by atoms with Crippen molar-refractivity contribution in [2.75, 3.05) is 10.6 Å². The molecule has 0 fully saturated rings. The van der Waals surface area contributed by atoms with Gasteiger partial charge in [0, 0.05) is 18.2 Å². The van der Waals surface area contributed by atoms with Crippen LogP contribution in [0.5, 0.6) is 5.75 Å². The average Bonchev–Trinajstić information content (AvgIpc) is 2.72. The number of benzene rings is 3. The van der Waals surface area contributed by atoms with Crippen molar-refractivity contribution >= 4 is 33.3 Å². The van der Waals surface area contributed by atoms with Gasteiger partial charge in [-0.3, -0.25) is 9.59 Å². The normalized spacial score (nSPS) is 11.0. The molecule has 166 valence electrons. The van der Waals surface area contributed by atoms with E-state index in [1.165, 1.54) is 49.4 Å². The minimum Gasteiger partial charge on any atom is -0.379 e. The number of hydrogen-bond donors (Lipinski definition) is 2. The summed E-state index contributed by atoms with van der Waals surface area (Å²) in [5.41, 5.74) is 1.70. The molecule has 0 heterocycles. The van der Waals surface area contributed by atoms with Crippen molar-refractivity contribution in [2.45, 2.75) is 25.7 Å². The quantitative estimate of drug-likeness (QED) is 0.535. The van der Waals surface area contributed by atoms with Crippen LogP contribution in [-0.4, -0.2) is 20.2 Å². The standard InChI is InChI=1S/C23H21FN2O5S/c1-14-4-5-15(2)22(12-14)32(29,30)31-19-9-6-17(7-10-19)23(28)26-21-13-18(25-16(3)27)8-11-20(21)24/h4-13H,1-3H3,(H,25,27)(H,26,28). The Morgan fingerprint density at radius 2 is 1.59 bits per heavy atom. The lowest BCUT2D eigenvalue weighted by molar-refractivity contribution is -0.114. The van der Waals surface area contributed by atoms with E-state index in [-0.39, 0.29) is 27.8 Å². The molecule has 0 spiro atoms. The van der Waals surface area contributed by atoms with Crippen molar-refractivity contribution in [3.63, 3.8) is 0 Å². The monoisotopic (exact) mass is 456 g/mol. The van der Waals surface area contributed by atoms with Gasteiger partial charge in [-0.1, -0.05) is 12.1 Å². The van der Waals surface area contributed by atoms with Gasteiger partial charge >= 0.3 is 10.1 Å². The van der Waals surface area contributed by atoms with Crippen molar-refractivity contribution in [3.05, 3.63) is 83.2 Å². The molecule has 9 heteroatoms. The van der Waals surface area contributed by atoms with E-state index in [1.54, 1.807) is 26.0 Å². The fourth-order valence-corrected chi connectivity index (χ4v) is 4.15. The summed E-state index contributed by atoms with van der Waals surface area (Å²) in [4.78, 5) is 23.7. The second kappa shape index (κ2) is 9.19. The Morgan fingerprint density at radius 3 is 2.25 bits per heavy atom. The second-order valence-corrected chi connectivity index (χ2v) is 8.68. The number of hydrogen-bond acceptors (Lipinski definition) is 5. The average molecular weight is 456 g/mol. The highest BCUT2D eigenvalue weighted by atomic mass is 32.2. The maximum atomic E-state index is 14.0. The van der Waals surface area contributed by atoms with Gasteiger partial charge in [0.25, 0.3) is 5.91 Å². The third-order valence-corrected chi connectivity index (χ3v) is 5.86. The smallest absolute Gasteiger partial charge is 0.339 e. The lowest BCUT2D eigenvalue weighted by atomic mass is 10.2. The Hall–Kier alpha value is -3.72. The first kappa shape index (κ1) is 23.0. The first-order valence-electron chi connectivity index (χ1n) is 9.55. The van der Waals surface area contributed by atoms with Gasteiger partial charge in [0.2, 0.25) is 5.91 Å². The first-order valence-corrected chi connectivity index (χ1v) is 11.0. The Balaban J connectivity index is 1.75. The number of nitrogens with one attached hydrogen (secondary N) is 2. The van der Waals surface area contributed by atoms with Crippen molar-refractivity contribution in [1.29, 1.82) is 0 Å². The molecule has 2 amide bonds. The molecule has 3 aromatic rings. The Kier molecular flexibility index (Phi) is 6.59. The molecular weight excluding hydrogens is 435 g/mol. The lowest BCUT2D eigenvalue weighted by Gasteiger charge is -2.11. The molecule has 2 N–H and O–H groups in total. The lowest BCUT2D eigenvalue weighted by Crippen LogP contribution is -2.14. The van der Waals surface area contributed by atoms with Crippen LogP contribution in [0.2, 0.25) is 0 Å². The predicted octanol–water partition coefficient (Wildman–Crippen LogP) is 4.42. The third-order valence-electron chi connectivity index (χ3n) is 4.47. The van der Waals surface area contributed by atoms with Crippen molar-refractivity contribution < 1.29 is 26.6 Å². The molecule has 0 aliphatic carbocycles. The van der Waals surface area contributed by atoms with Crippen LogP contribution in [0.1, 0.15) is 28.4 Å². The van der Waals surface area contributed by atoms with Gasteiger partial charge < -0.3 is 14.8 Å². The maximum Gasteiger partial charge on any atom is 0.339 e. The molecule has 0 saturated carbocycles. The molecule has 7 nitrogen and oxygen atoms in total. The zero-order valence-electron chi connectivity index (χ0n) is 17.6. The summed E-state index contributed by atoms with van der Waals surface area (Å²) in [5.74, 6) is -1.60. The molecule has 0 unspecified atom stereocenters. The summed E-state index contributed by atoms with van der Waals surface area (Å²) in [6.07, 6.45) is 0. The van der Waals surface area contributed by atoms with Crippen LogP contribution >= 0.6 is 0 Å². The SMILES string of the molecule is CC(=O)Nc1ccc(F)c(NC(=O)c2ccc(OS(=O)(=O)c3cc(C)ccc3C)cc2)c1. The summed E-state index contributed by atoms with van der Waals surface area (Å²) in [7, 11) is -4.05. The van der Waals surface area contributed by atoms with Crippen LogP contribution < -0.4 is 14.8 Å². The van der Waals surface area contributed by atoms with E-state index in [0.29, 0.717) is 11.3 Å². The maximum absolute atomic E-state index is 14.0. The summed E-state index contributed by atoms with van der Waals surface area (Å²) >= 11 is 0. The summed E-state index contributed by atoms with van der Waals surface area (Å²) in [5, 5.41) is 4.93. The van der Waals surface area contributed by atoms with Gasteiger partial charge in [-0.05, 0) is 73.5 Å². The number of halogens is 1. The minimum absolute atomic E-state index is 0.0290. The number of carbonyl (C=O) groups is 2. The number of carbonyl (C=O) groups excluding carboxylic acids is 2. The van der Waals surface area contributed by atoms with Gasteiger partial charge in [0.15, 0.2) is 0 Å². The Bertz CT molecular complexity index is 1290. The van der Waals surface area contributed by atoms with Crippen molar-refractivity contribution in [2.24, 2.45) is 0 Å². The fraction of sp³-hybridized carbons (Fsp3) is 0.130. The molecule has 3 aromatic carbocycles. The van der Waals surface area contributed by atoms with Crippen LogP contribution in [0.15, 0.2) is 65.6 Å². The fourth-order valence-electron chi connectivity index (χ4n) is 2.91. The van der Waals surface area contributed by atoms with E-state index >= 15 is 0 Å². The highest BCUT2D eigenvalue weighted by Crippen LogP contribution is 2.24. The second-order valence-electron chi connectivity index (χ2n) is 7.16. The van der Waals surface area contributed by atoms with Crippen LogP contribution in [0.3, 0.4) is 0 Å². The molecular formula is C23H21FN2O5S. The predicted molar refractivity (Wildman–Crippen MR) is 119 cm³/mol. The number of anilines is 2. The molecule has 0 radical (unpaired) electrons. The van der Waals surface area contributed by atoms with Crippen LogP contribution in [0.4, 0.5) is 15.8 Å². The van der Waals surface area contributed by atoms with Gasteiger partial charge in [0.1, 0.15) is 16.5 Å². The zero-order chi connectivity index (χ0) is 23.5. The van der Waals surface area contributed by atoms with E-state index in [4.69, 9.17) is 4.18 Å². The van der Waals surface area contributed by atoms with Gasteiger partial charge in [-0.2, -0.15) is 8.42 Å². The molecule has 32 heavy (non-hydrogen) atoms. The van der Waals surface area contributed by atoms with Crippen LogP contribution in [0.25, 0.3) is 0 Å². The van der Waals surface area contributed by atoms with Crippen LogP contribution in [0, 0.1) is 19.7 Å². The van der Waals surface area contributed by atoms with E-state index < -0.39 is 21.8 Å². The van der Waals surface area contributed by atoms with Gasteiger partial charge in [-0.15, -0.1) is 0 Å². The molecule has 0 aliphatic heterocycles. The first-order chi connectivity index (χ1) is 15.0. The van der Waals surface area contributed by atoms with E-state index in [9.17, 15) is 22.4 Å². The Morgan fingerprint density at radius 1 is 0.906 bits per heavy atom. The van der Waals surface area contributed by atoms with E-state index in [2.05, 4.69) is 10.6 Å². The molecule has 0 bridgehead atoms. The van der Waals surface area contributed by atoms with Crippen LogP contribution in [-0.2, 0) is 14.9 Å². The topological polar surface area (TPSA) is 102 Å². The minimum atomic E-state index is -4.05. The van der Waals surface area contributed by atoms with Crippen molar-refractivity contribution in [3.8, 4) is 5.75 Å². The molecule has 0 aromatic heterocycles. The molecule has 0 aliphatic rings. The molecule has 0 atom stereocenters. The number of aryl methyl sites for hydroxylation is 2. The highest BCUT2D eigenvalue weighted by molar-refractivity contribution is 7.87. The largest absolute Gasteiger partial charge is 0.379 e. The molecule has 3 rings (SSSR count). The number of amides is 2. The van der Waals surface area contributed by atoms with Gasteiger partial charge in [-0.25, -0.2) is 4.39 Å². The highest BCUT2D eigenvalue weighted by Gasteiger charge is 2.20. The summed E-state index contributed by atoms with van der Waals surface area (Å²) < 4.78 is 44.4. The Labute approximate surface area is 185 Å². The molecule has 0 saturated heterocycles. The van der Waals surface area contributed by atoms with Gasteiger partial charge in [0.05, 0.1) is 5.69 Å². The summed E-state index contributed by atoms with van der Waals surface area (Å²) in [6.45, 7) is 4.76. The van der Waals surface area contributed by atoms with E-state index in [0.717, 1.165) is 11.6 Å². The number of rotatable bonds is 6. The zero-order valence-corrected chi connectivity index (χ0v) is 18.4. The summed E-state index contributed by atoms with van der Waals surface area (Å²) in [6, 6.07) is 14.2. The van der Waals surface area contributed by atoms with Crippen molar-refractivity contribution in [1.82, 2.24) is 0 Å². The van der Waals surface area contributed by atoms with E-state index in [1.807, 2.05) is 0 Å². The third kappa shape index (κ3) is 5.50.